The van der Waals surface area contributed by atoms with Crippen LogP contribution in [0.25, 0.3) is 0 Å². The van der Waals surface area contributed by atoms with Crippen molar-refractivity contribution in [2.24, 2.45) is 29.6 Å². The second-order valence-electron chi connectivity index (χ2n) is 4.93. The summed E-state index contributed by atoms with van der Waals surface area (Å²) in [5.41, 5.74) is 0. The predicted octanol–water partition coefficient (Wildman–Crippen LogP) is 1.62. The summed E-state index contributed by atoms with van der Waals surface area (Å²) < 4.78 is 6.11. The lowest BCUT2D eigenvalue weighted by Gasteiger charge is -2.27. The predicted molar refractivity (Wildman–Crippen MR) is 54.4 cm³/mol. The molecule has 7 atom stereocenters. The molecule has 0 aromatic rings. The molecule has 1 saturated heterocycles. The van der Waals surface area contributed by atoms with Crippen LogP contribution in [0.1, 0.15) is 12.8 Å². The molecule has 0 aromatic heterocycles. The van der Waals surface area contributed by atoms with Crippen LogP contribution in [0.3, 0.4) is 0 Å². The van der Waals surface area contributed by atoms with E-state index >= 15 is 0 Å². The van der Waals surface area contributed by atoms with Crippen molar-refractivity contribution in [3.05, 3.63) is 0 Å². The molecule has 0 spiro atoms. The summed E-state index contributed by atoms with van der Waals surface area (Å²) in [6.45, 7) is 0. The molecule has 0 amide bonds. The lowest BCUT2D eigenvalue weighted by molar-refractivity contribution is -0.143. The molecule has 70 valence electrons. The van der Waals surface area contributed by atoms with Gasteiger partial charge in [-0.15, -0.1) is 0 Å². The quantitative estimate of drug-likeness (QED) is 0.385. The van der Waals surface area contributed by atoms with Crippen LogP contribution in [-0.2, 0) is 9.53 Å². The zero-order valence-corrected chi connectivity index (χ0v) is 9.31. The van der Waals surface area contributed by atoms with E-state index in [2.05, 4.69) is 22.6 Å². The van der Waals surface area contributed by atoms with E-state index in [4.69, 9.17) is 4.74 Å². The third kappa shape index (κ3) is 0.621. The van der Waals surface area contributed by atoms with E-state index in [0.29, 0.717) is 27.8 Å². The Morgan fingerprint density at radius 3 is 2.77 bits per heavy atom. The number of esters is 1. The molecule has 1 aliphatic heterocycles. The Morgan fingerprint density at radius 2 is 2.00 bits per heavy atom. The molecule has 13 heavy (non-hydrogen) atoms. The van der Waals surface area contributed by atoms with E-state index in [9.17, 15) is 4.79 Å². The van der Waals surface area contributed by atoms with Crippen LogP contribution >= 0.6 is 22.6 Å². The van der Waals surface area contributed by atoms with Crippen molar-refractivity contribution in [1.29, 1.82) is 0 Å². The third-order valence-corrected chi connectivity index (χ3v) is 6.32. The Bertz CT molecular complexity index is 303. The molecule has 3 aliphatic carbocycles. The maximum Gasteiger partial charge on any atom is 0.309 e. The first-order valence-corrected chi connectivity index (χ1v) is 6.38. The van der Waals surface area contributed by atoms with Crippen molar-refractivity contribution in [2.45, 2.75) is 22.9 Å². The van der Waals surface area contributed by atoms with Gasteiger partial charge in [-0.2, -0.15) is 0 Å². The van der Waals surface area contributed by atoms with Gasteiger partial charge in [-0.05, 0) is 30.6 Å². The Morgan fingerprint density at radius 1 is 1.23 bits per heavy atom. The molecule has 4 bridgehead atoms. The standard InChI is InChI=1S/C10H11IO2/c11-8-5-3-1-2-4(5)7-6(3)9(8)13-10(7)12/h3-9H,1-2H2/t3-,4+,5-,6+,7-,8-,9-/m0/s1. The molecule has 3 heteroatoms. The minimum Gasteiger partial charge on any atom is -0.461 e. The molecule has 0 radical (unpaired) electrons. The molecule has 2 nitrogen and oxygen atoms in total. The molecule has 0 aromatic carbocycles. The topological polar surface area (TPSA) is 26.3 Å². The van der Waals surface area contributed by atoms with Crippen molar-refractivity contribution in [1.82, 2.24) is 0 Å². The molecule has 4 aliphatic rings. The van der Waals surface area contributed by atoms with Gasteiger partial charge in [0.15, 0.2) is 0 Å². The Balaban J connectivity index is 1.91. The summed E-state index contributed by atoms with van der Waals surface area (Å²) in [6.07, 6.45) is 2.95. The Labute approximate surface area is 90.5 Å². The largest absolute Gasteiger partial charge is 0.461 e. The smallest absolute Gasteiger partial charge is 0.309 e. The van der Waals surface area contributed by atoms with Gasteiger partial charge in [0.2, 0.25) is 0 Å². The number of halogens is 1. The summed E-state index contributed by atoms with van der Waals surface area (Å²) in [5, 5.41) is 0. The molecule has 1 heterocycles. The van der Waals surface area contributed by atoms with Crippen molar-refractivity contribution in [3.63, 3.8) is 0 Å². The normalized spacial score (nSPS) is 66.2. The number of carbonyl (C=O) groups is 1. The number of fused-ring (bicyclic) bond motifs is 1. The summed E-state index contributed by atoms with van der Waals surface area (Å²) in [7, 11) is 0. The summed E-state index contributed by atoms with van der Waals surface area (Å²) in [5.74, 6) is 3.44. The van der Waals surface area contributed by atoms with Crippen molar-refractivity contribution in [3.8, 4) is 0 Å². The average molecular weight is 290 g/mol. The zero-order chi connectivity index (χ0) is 8.74. The molecule has 4 rings (SSSR count). The van der Waals surface area contributed by atoms with E-state index in [1.165, 1.54) is 12.8 Å². The van der Waals surface area contributed by atoms with Crippen LogP contribution in [-0.4, -0.2) is 16.0 Å². The highest BCUT2D eigenvalue weighted by atomic mass is 127. The molecular formula is C10H11IO2. The van der Waals surface area contributed by atoms with Crippen molar-refractivity contribution < 1.29 is 9.53 Å². The van der Waals surface area contributed by atoms with Gasteiger partial charge < -0.3 is 4.74 Å². The fourth-order valence-corrected chi connectivity index (χ4v) is 6.24. The highest BCUT2D eigenvalue weighted by Gasteiger charge is 2.72. The maximum atomic E-state index is 11.6. The first kappa shape index (κ1) is 7.49. The van der Waals surface area contributed by atoms with Gasteiger partial charge in [0.1, 0.15) is 6.10 Å². The number of alkyl halides is 1. The van der Waals surface area contributed by atoms with Gasteiger partial charge in [-0.25, -0.2) is 0 Å². The number of carbonyl (C=O) groups excluding carboxylic acids is 1. The SMILES string of the molecule is O=C1O[C@@H]2[C@@H](I)[C@@H]3[C@H]4CC[C@@H]3[C@@H]2[C@@H]14. The van der Waals surface area contributed by atoms with Crippen LogP contribution in [0.2, 0.25) is 0 Å². The third-order valence-electron chi connectivity index (χ3n) is 4.78. The van der Waals surface area contributed by atoms with Crippen molar-refractivity contribution in [2.75, 3.05) is 0 Å². The van der Waals surface area contributed by atoms with Gasteiger partial charge in [-0.1, -0.05) is 22.6 Å². The van der Waals surface area contributed by atoms with Gasteiger partial charge in [0.25, 0.3) is 0 Å². The average Bonchev–Trinajstić information content (AvgIpc) is 2.75. The highest BCUT2D eigenvalue weighted by molar-refractivity contribution is 14.1. The summed E-state index contributed by atoms with van der Waals surface area (Å²) in [4.78, 5) is 11.6. The molecule has 3 saturated carbocycles. The van der Waals surface area contributed by atoms with E-state index in [0.717, 1.165) is 11.8 Å². The number of rotatable bonds is 0. The van der Waals surface area contributed by atoms with Gasteiger partial charge in [-0.3, -0.25) is 4.79 Å². The first-order valence-electron chi connectivity index (χ1n) is 5.13. The van der Waals surface area contributed by atoms with Crippen molar-refractivity contribution >= 4 is 28.6 Å². The van der Waals surface area contributed by atoms with Gasteiger partial charge >= 0.3 is 5.97 Å². The molecule has 0 unspecified atom stereocenters. The monoisotopic (exact) mass is 290 g/mol. The van der Waals surface area contributed by atoms with E-state index in [1.54, 1.807) is 0 Å². The molecule has 4 fully saturated rings. The molecular weight excluding hydrogens is 279 g/mol. The minimum atomic E-state index is 0.131. The first-order chi connectivity index (χ1) is 6.29. The fourth-order valence-electron chi connectivity index (χ4n) is 4.55. The Kier molecular flexibility index (Phi) is 1.19. The number of hydrogen-bond acceptors (Lipinski definition) is 2. The number of hydrogen-bond donors (Lipinski definition) is 0. The van der Waals surface area contributed by atoms with Gasteiger partial charge in [0.05, 0.1) is 9.84 Å². The highest BCUT2D eigenvalue weighted by Crippen LogP contribution is 2.69. The lowest BCUT2D eigenvalue weighted by Crippen LogP contribution is -2.33. The minimum absolute atomic E-state index is 0.131. The van der Waals surface area contributed by atoms with Crippen LogP contribution < -0.4 is 0 Å². The number of ether oxygens (including phenoxy) is 1. The second-order valence-corrected chi connectivity index (χ2v) is 6.37. The van der Waals surface area contributed by atoms with Crippen LogP contribution in [0.15, 0.2) is 0 Å². The Hall–Kier alpha value is 0.200. The van der Waals surface area contributed by atoms with E-state index in [1.807, 2.05) is 0 Å². The molecule has 0 N–H and O–H groups in total. The van der Waals surface area contributed by atoms with Crippen LogP contribution in [0.4, 0.5) is 0 Å². The van der Waals surface area contributed by atoms with Crippen LogP contribution in [0, 0.1) is 29.6 Å². The summed E-state index contributed by atoms with van der Waals surface area (Å²) >= 11 is 2.52. The lowest BCUT2D eigenvalue weighted by atomic mass is 9.76. The van der Waals surface area contributed by atoms with Gasteiger partial charge in [0, 0.05) is 5.92 Å². The van der Waals surface area contributed by atoms with E-state index in [-0.39, 0.29) is 5.97 Å². The van der Waals surface area contributed by atoms with Crippen LogP contribution in [0.5, 0.6) is 0 Å². The second kappa shape index (κ2) is 2.07. The summed E-state index contributed by atoms with van der Waals surface area (Å²) in [6, 6.07) is 0. The maximum absolute atomic E-state index is 11.6. The van der Waals surface area contributed by atoms with E-state index < -0.39 is 0 Å². The zero-order valence-electron chi connectivity index (χ0n) is 7.15. The fraction of sp³-hybridized carbons (Fsp3) is 0.900.